The van der Waals surface area contributed by atoms with E-state index in [9.17, 15) is 9.59 Å². The van der Waals surface area contributed by atoms with Crippen LogP contribution in [-0.2, 0) is 4.79 Å². The fourth-order valence-corrected chi connectivity index (χ4v) is 4.79. The molecule has 30 heavy (non-hydrogen) atoms. The number of nitrogens with zero attached hydrogens (tertiary/aromatic N) is 2. The average molecular weight is 461 g/mol. The Morgan fingerprint density at radius 2 is 1.90 bits per heavy atom. The molecule has 0 fully saturated rings. The van der Waals surface area contributed by atoms with Crippen LogP contribution in [0.15, 0.2) is 52.9 Å². The number of thioether (sulfide) groups is 1. The Labute approximate surface area is 185 Å². The van der Waals surface area contributed by atoms with Crippen LogP contribution in [0.2, 0.25) is 0 Å². The number of anilines is 1. The molecule has 0 unspecified atom stereocenters. The Balaban J connectivity index is 1.30. The van der Waals surface area contributed by atoms with E-state index in [0.717, 1.165) is 5.69 Å². The Kier molecular flexibility index (Phi) is 6.31. The summed E-state index contributed by atoms with van der Waals surface area (Å²) in [5.74, 6) is 0.765. The molecular formula is C19H16N4O4S3. The Hall–Kier alpha value is -2.89. The zero-order valence-electron chi connectivity index (χ0n) is 15.5. The van der Waals surface area contributed by atoms with Gasteiger partial charge in [0.15, 0.2) is 19.8 Å². The molecule has 0 radical (unpaired) electrons. The molecule has 0 aliphatic carbocycles. The minimum absolute atomic E-state index is 0.0334. The summed E-state index contributed by atoms with van der Waals surface area (Å²) < 4.78 is 13.8. The van der Waals surface area contributed by atoms with Gasteiger partial charge >= 0.3 is 6.03 Å². The molecule has 3 aromatic rings. The van der Waals surface area contributed by atoms with Crippen molar-refractivity contribution in [3.63, 3.8) is 0 Å². The highest BCUT2D eigenvalue weighted by Gasteiger charge is 2.15. The van der Waals surface area contributed by atoms with Crippen molar-refractivity contribution in [1.82, 2.24) is 15.1 Å². The molecular weight excluding hydrogens is 444 g/mol. The lowest BCUT2D eigenvalue weighted by molar-refractivity contribution is -0.117. The molecule has 8 nitrogen and oxygen atoms in total. The minimum Gasteiger partial charge on any atom is -0.486 e. The zero-order valence-corrected chi connectivity index (χ0v) is 17.9. The highest BCUT2D eigenvalue weighted by molar-refractivity contribution is 8.01. The highest BCUT2D eigenvalue weighted by atomic mass is 32.2. The lowest BCUT2D eigenvalue weighted by Gasteiger charge is -2.19. The maximum Gasteiger partial charge on any atom is 0.325 e. The number of ether oxygens (including phenoxy) is 2. The van der Waals surface area contributed by atoms with Crippen molar-refractivity contribution in [2.45, 2.75) is 4.34 Å². The van der Waals surface area contributed by atoms with E-state index in [2.05, 4.69) is 15.7 Å². The van der Waals surface area contributed by atoms with Crippen LogP contribution >= 0.6 is 35.3 Å². The number of nitrogens with one attached hydrogen (secondary N) is 2. The summed E-state index contributed by atoms with van der Waals surface area (Å²) in [6.07, 6.45) is 0. The van der Waals surface area contributed by atoms with E-state index in [4.69, 9.17) is 21.7 Å². The van der Waals surface area contributed by atoms with Crippen LogP contribution in [0, 0.1) is 3.95 Å². The van der Waals surface area contributed by atoms with Crippen LogP contribution in [0.4, 0.5) is 10.5 Å². The van der Waals surface area contributed by atoms with Crippen molar-refractivity contribution < 1.29 is 19.1 Å². The van der Waals surface area contributed by atoms with Crippen molar-refractivity contribution in [1.29, 1.82) is 0 Å². The molecule has 1 aliphatic heterocycles. The number of rotatable bonds is 5. The van der Waals surface area contributed by atoms with Gasteiger partial charge in [-0.2, -0.15) is 0 Å². The van der Waals surface area contributed by atoms with Gasteiger partial charge in [0.2, 0.25) is 5.91 Å². The number of imide groups is 1. The molecule has 0 saturated carbocycles. The summed E-state index contributed by atoms with van der Waals surface area (Å²) in [6, 6.07) is 13.9. The molecule has 3 amide bonds. The van der Waals surface area contributed by atoms with Crippen LogP contribution in [0.25, 0.3) is 5.69 Å². The van der Waals surface area contributed by atoms with Crippen LogP contribution < -0.4 is 20.1 Å². The van der Waals surface area contributed by atoms with E-state index in [1.54, 1.807) is 22.9 Å². The van der Waals surface area contributed by atoms with Crippen molar-refractivity contribution in [3.8, 4) is 17.2 Å². The molecule has 1 aliphatic rings. The fraction of sp³-hybridized carbons (Fsp3) is 0.158. The average Bonchev–Trinajstić information content (AvgIpc) is 3.13. The molecule has 2 N–H and O–H groups in total. The number of benzene rings is 2. The Bertz CT molecular complexity index is 1130. The second kappa shape index (κ2) is 9.28. The third kappa shape index (κ3) is 4.99. The number of amides is 3. The predicted octanol–water partition coefficient (Wildman–Crippen LogP) is 3.87. The molecule has 2 heterocycles. The summed E-state index contributed by atoms with van der Waals surface area (Å²) in [5.41, 5.74) is 1.35. The standard InChI is InChI=1S/C19H16N4O4S3/c24-16(11-29-18-22-23(19(28)30-18)13-4-2-1-3-5-13)21-17(25)20-12-6-7-14-15(10-12)27-9-8-26-14/h1-7,10H,8-9,11H2,(H2,20,21,24,25). The molecule has 1 aromatic heterocycles. The van der Waals surface area contributed by atoms with Gasteiger partial charge in [-0.1, -0.05) is 41.3 Å². The number of fused-ring (bicyclic) bond motifs is 1. The normalized spacial score (nSPS) is 12.3. The van der Waals surface area contributed by atoms with Crippen LogP contribution in [-0.4, -0.2) is 40.7 Å². The summed E-state index contributed by atoms with van der Waals surface area (Å²) in [4.78, 5) is 24.2. The lowest BCUT2D eigenvalue weighted by atomic mass is 10.2. The maximum absolute atomic E-state index is 12.1. The van der Waals surface area contributed by atoms with E-state index >= 15 is 0 Å². The summed E-state index contributed by atoms with van der Waals surface area (Å²) in [5, 5.41) is 9.33. The summed E-state index contributed by atoms with van der Waals surface area (Å²) in [7, 11) is 0. The molecule has 0 spiro atoms. The van der Waals surface area contributed by atoms with Crippen LogP contribution in [0.5, 0.6) is 11.5 Å². The monoisotopic (exact) mass is 460 g/mol. The molecule has 11 heteroatoms. The zero-order chi connectivity index (χ0) is 20.9. The highest BCUT2D eigenvalue weighted by Crippen LogP contribution is 2.32. The van der Waals surface area contributed by atoms with Crippen molar-refractivity contribution in [2.24, 2.45) is 0 Å². The number of urea groups is 1. The van der Waals surface area contributed by atoms with Crippen LogP contribution in [0.1, 0.15) is 0 Å². The van der Waals surface area contributed by atoms with Gasteiger partial charge in [0, 0.05) is 11.8 Å². The first-order valence-corrected chi connectivity index (χ1v) is 11.1. The lowest BCUT2D eigenvalue weighted by Crippen LogP contribution is -2.35. The Morgan fingerprint density at radius 3 is 2.70 bits per heavy atom. The number of hydrogen-bond acceptors (Lipinski definition) is 8. The number of aromatic nitrogens is 2. The molecule has 0 atom stereocenters. The second-order valence-corrected chi connectivity index (χ2v) is 8.88. The first-order chi connectivity index (χ1) is 14.6. The quantitative estimate of drug-likeness (QED) is 0.441. The maximum atomic E-state index is 12.1. The summed E-state index contributed by atoms with van der Waals surface area (Å²) >= 11 is 7.87. The van der Waals surface area contributed by atoms with E-state index in [-0.39, 0.29) is 5.75 Å². The molecule has 4 rings (SSSR count). The molecule has 154 valence electrons. The van der Waals surface area contributed by atoms with Gasteiger partial charge < -0.3 is 14.8 Å². The fourth-order valence-electron chi connectivity index (χ4n) is 2.62. The first kappa shape index (κ1) is 20.4. The van der Waals surface area contributed by atoms with Crippen molar-refractivity contribution in [3.05, 3.63) is 52.5 Å². The first-order valence-electron chi connectivity index (χ1n) is 8.87. The van der Waals surface area contributed by atoms with E-state index < -0.39 is 11.9 Å². The smallest absolute Gasteiger partial charge is 0.325 e. The van der Waals surface area contributed by atoms with E-state index in [0.29, 0.717) is 38.7 Å². The van der Waals surface area contributed by atoms with Gasteiger partial charge in [0.1, 0.15) is 13.2 Å². The number of hydrogen-bond donors (Lipinski definition) is 2. The van der Waals surface area contributed by atoms with Gasteiger partial charge in [-0.05, 0) is 36.5 Å². The van der Waals surface area contributed by atoms with Crippen molar-refractivity contribution >= 4 is 52.9 Å². The van der Waals surface area contributed by atoms with Gasteiger partial charge in [0.05, 0.1) is 11.4 Å². The second-order valence-electron chi connectivity index (χ2n) is 6.03. The van der Waals surface area contributed by atoms with E-state index in [1.165, 1.54) is 23.1 Å². The third-order valence-electron chi connectivity index (χ3n) is 3.91. The molecule has 2 aromatic carbocycles. The predicted molar refractivity (Wildman–Crippen MR) is 118 cm³/mol. The third-order valence-corrected chi connectivity index (χ3v) is 6.28. The molecule has 0 bridgehead atoms. The number of carbonyl (C=O) groups excluding carboxylic acids is 2. The minimum atomic E-state index is -0.625. The number of para-hydroxylation sites is 1. The van der Waals surface area contributed by atoms with Crippen LogP contribution in [0.3, 0.4) is 0 Å². The molecule has 0 saturated heterocycles. The largest absolute Gasteiger partial charge is 0.486 e. The Morgan fingerprint density at radius 1 is 1.13 bits per heavy atom. The van der Waals surface area contributed by atoms with E-state index in [1.807, 2.05) is 30.3 Å². The number of carbonyl (C=O) groups is 2. The van der Waals surface area contributed by atoms with Gasteiger partial charge in [-0.25, -0.2) is 9.48 Å². The van der Waals surface area contributed by atoms with Gasteiger partial charge in [-0.3, -0.25) is 10.1 Å². The van der Waals surface area contributed by atoms with Gasteiger partial charge in [0.25, 0.3) is 0 Å². The summed E-state index contributed by atoms with van der Waals surface area (Å²) in [6.45, 7) is 0.940. The van der Waals surface area contributed by atoms with Crippen molar-refractivity contribution in [2.75, 3.05) is 24.3 Å². The van der Waals surface area contributed by atoms with Gasteiger partial charge in [-0.15, -0.1) is 5.10 Å². The topological polar surface area (TPSA) is 94.5 Å². The SMILES string of the molecule is O=C(CSc1nn(-c2ccccc2)c(=S)s1)NC(=O)Nc1ccc2c(c1)OCCO2.